The second-order valence-electron chi connectivity index (χ2n) is 3.49. The summed E-state index contributed by atoms with van der Waals surface area (Å²) in [6.45, 7) is 0.682. The third kappa shape index (κ3) is 0.788. The molecule has 2 heteroatoms. The fraction of sp³-hybridized carbons (Fsp3) is 0.875. The van der Waals surface area contributed by atoms with Crippen LogP contribution in [0.5, 0.6) is 0 Å². The summed E-state index contributed by atoms with van der Waals surface area (Å²) in [5, 5.41) is 0. The summed E-state index contributed by atoms with van der Waals surface area (Å²) in [4.78, 5) is 10.7. The van der Waals surface area contributed by atoms with Gasteiger partial charge < -0.3 is 9.53 Å². The summed E-state index contributed by atoms with van der Waals surface area (Å²) >= 11 is 0. The fourth-order valence-electron chi connectivity index (χ4n) is 1.91. The first-order chi connectivity index (χ1) is 4.85. The highest BCUT2D eigenvalue weighted by Gasteiger charge is 2.40. The van der Waals surface area contributed by atoms with Crippen LogP contribution >= 0.6 is 0 Å². The van der Waals surface area contributed by atoms with Gasteiger partial charge in [0.1, 0.15) is 6.29 Å². The molecule has 3 aliphatic rings. The van der Waals surface area contributed by atoms with Crippen LogP contribution in [0.1, 0.15) is 25.7 Å². The Morgan fingerprint density at radius 2 is 2.10 bits per heavy atom. The molecular weight excluding hydrogens is 128 g/mol. The molecule has 0 aromatic heterocycles. The smallest absolute Gasteiger partial charge is 0.128 e. The monoisotopic (exact) mass is 140 g/mol. The van der Waals surface area contributed by atoms with E-state index >= 15 is 0 Å². The first-order valence-electron chi connectivity index (χ1n) is 3.93. The summed E-state index contributed by atoms with van der Waals surface area (Å²) in [6.07, 6.45) is 5.88. The van der Waals surface area contributed by atoms with Crippen LogP contribution in [0.15, 0.2) is 0 Å². The van der Waals surface area contributed by atoms with Gasteiger partial charge in [0, 0.05) is 5.41 Å². The zero-order chi connectivity index (χ0) is 7.03. The number of carbonyl (C=O) groups excluding carboxylic acids is 1. The van der Waals surface area contributed by atoms with E-state index in [4.69, 9.17) is 4.74 Å². The molecule has 0 aromatic rings. The molecule has 1 saturated carbocycles. The van der Waals surface area contributed by atoms with Crippen molar-refractivity contribution in [2.75, 3.05) is 6.61 Å². The van der Waals surface area contributed by atoms with Crippen molar-refractivity contribution in [1.82, 2.24) is 0 Å². The predicted molar refractivity (Wildman–Crippen MR) is 36.7 cm³/mol. The molecule has 0 radical (unpaired) electrons. The SMILES string of the molecule is O=CC12CCC(CC1)OC2. The lowest BCUT2D eigenvalue weighted by molar-refractivity contribution is -0.142. The van der Waals surface area contributed by atoms with Crippen LogP contribution in [0, 0.1) is 5.41 Å². The molecule has 0 amide bonds. The highest BCUT2D eigenvalue weighted by atomic mass is 16.5. The quantitative estimate of drug-likeness (QED) is 0.510. The number of hydrogen-bond donors (Lipinski definition) is 0. The van der Waals surface area contributed by atoms with Crippen LogP contribution in [-0.4, -0.2) is 19.0 Å². The lowest BCUT2D eigenvalue weighted by Gasteiger charge is -2.42. The molecule has 0 atom stereocenters. The molecule has 0 N–H and O–H groups in total. The van der Waals surface area contributed by atoms with Gasteiger partial charge in [-0.15, -0.1) is 0 Å². The summed E-state index contributed by atoms with van der Waals surface area (Å²) in [7, 11) is 0. The highest BCUT2D eigenvalue weighted by Crippen LogP contribution is 2.41. The highest BCUT2D eigenvalue weighted by molar-refractivity contribution is 5.60. The van der Waals surface area contributed by atoms with Gasteiger partial charge in [-0.1, -0.05) is 0 Å². The van der Waals surface area contributed by atoms with E-state index in [0.29, 0.717) is 12.7 Å². The van der Waals surface area contributed by atoms with Crippen molar-refractivity contribution in [2.24, 2.45) is 5.41 Å². The molecule has 1 aliphatic carbocycles. The van der Waals surface area contributed by atoms with Crippen LogP contribution < -0.4 is 0 Å². The van der Waals surface area contributed by atoms with Gasteiger partial charge >= 0.3 is 0 Å². The lowest BCUT2D eigenvalue weighted by Crippen LogP contribution is -2.43. The van der Waals surface area contributed by atoms with E-state index in [-0.39, 0.29) is 5.41 Å². The van der Waals surface area contributed by atoms with Gasteiger partial charge in [-0.3, -0.25) is 0 Å². The lowest BCUT2D eigenvalue weighted by atomic mass is 9.72. The van der Waals surface area contributed by atoms with Crippen molar-refractivity contribution in [3.63, 3.8) is 0 Å². The van der Waals surface area contributed by atoms with E-state index in [9.17, 15) is 4.79 Å². The van der Waals surface area contributed by atoms with E-state index in [1.54, 1.807) is 0 Å². The zero-order valence-corrected chi connectivity index (χ0v) is 6.01. The minimum Gasteiger partial charge on any atom is -0.377 e. The number of ether oxygens (including phenoxy) is 1. The number of hydrogen-bond acceptors (Lipinski definition) is 2. The van der Waals surface area contributed by atoms with Crippen molar-refractivity contribution in [3.05, 3.63) is 0 Å². The molecule has 0 spiro atoms. The standard InChI is InChI=1S/C8H12O2/c9-5-8-3-1-7(2-4-8)10-6-8/h5,7H,1-4,6H2. The van der Waals surface area contributed by atoms with E-state index in [1.165, 1.54) is 0 Å². The average Bonchev–Trinajstić information content (AvgIpc) is 2.08. The molecule has 2 aliphatic heterocycles. The Morgan fingerprint density at radius 3 is 2.40 bits per heavy atom. The van der Waals surface area contributed by atoms with Crippen molar-refractivity contribution in [3.8, 4) is 0 Å². The van der Waals surface area contributed by atoms with Gasteiger partial charge in [-0.2, -0.15) is 0 Å². The van der Waals surface area contributed by atoms with E-state index in [0.717, 1.165) is 32.0 Å². The maximum Gasteiger partial charge on any atom is 0.128 e. The summed E-state index contributed by atoms with van der Waals surface area (Å²) in [5.41, 5.74) is -0.0747. The van der Waals surface area contributed by atoms with E-state index < -0.39 is 0 Å². The van der Waals surface area contributed by atoms with Crippen molar-refractivity contribution in [2.45, 2.75) is 31.8 Å². The van der Waals surface area contributed by atoms with Gasteiger partial charge in [-0.05, 0) is 25.7 Å². The van der Waals surface area contributed by atoms with E-state index in [1.807, 2.05) is 0 Å². The minimum atomic E-state index is -0.0747. The van der Waals surface area contributed by atoms with Crippen molar-refractivity contribution in [1.29, 1.82) is 0 Å². The molecule has 3 fully saturated rings. The zero-order valence-electron chi connectivity index (χ0n) is 6.01. The molecule has 10 heavy (non-hydrogen) atoms. The molecule has 2 saturated heterocycles. The Hall–Kier alpha value is -0.370. The number of fused-ring (bicyclic) bond motifs is 3. The number of carbonyl (C=O) groups is 1. The Labute approximate surface area is 60.6 Å². The third-order valence-corrected chi connectivity index (χ3v) is 2.78. The molecule has 56 valence electrons. The third-order valence-electron chi connectivity index (χ3n) is 2.78. The van der Waals surface area contributed by atoms with Crippen molar-refractivity contribution >= 4 is 6.29 Å². The second-order valence-corrected chi connectivity index (χ2v) is 3.49. The van der Waals surface area contributed by atoms with Crippen LogP contribution in [-0.2, 0) is 9.53 Å². The maximum atomic E-state index is 10.7. The molecule has 2 nitrogen and oxygen atoms in total. The first-order valence-corrected chi connectivity index (χ1v) is 3.93. The molecule has 2 heterocycles. The Morgan fingerprint density at radius 1 is 1.40 bits per heavy atom. The average molecular weight is 140 g/mol. The normalized spacial score (nSPS) is 45.4. The largest absolute Gasteiger partial charge is 0.377 e. The molecule has 2 bridgehead atoms. The molecule has 0 unspecified atom stereocenters. The Kier molecular flexibility index (Phi) is 1.31. The van der Waals surface area contributed by atoms with Crippen LogP contribution in [0.4, 0.5) is 0 Å². The Bertz CT molecular complexity index is 132. The van der Waals surface area contributed by atoms with Crippen LogP contribution in [0.2, 0.25) is 0 Å². The van der Waals surface area contributed by atoms with Crippen LogP contribution in [0.3, 0.4) is 0 Å². The van der Waals surface area contributed by atoms with Gasteiger partial charge in [0.15, 0.2) is 0 Å². The first kappa shape index (κ1) is 6.35. The summed E-state index contributed by atoms with van der Waals surface area (Å²) in [6, 6.07) is 0. The van der Waals surface area contributed by atoms with Gasteiger partial charge in [0.2, 0.25) is 0 Å². The van der Waals surface area contributed by atoms with Gasteiger partial charge in [0.05, 0.1) is 12.7 Å². The summed E-state index contributed by atoms with van der Waals surface area (Å²) < 4.78 is 5.44. The molecule has 0 aromatic carbocycles. The van der Waals surface area contributed by atoms with Gasteiger partial charge in [-0.25, -0.2) is 0 Å². The predicted octanol–water partition coefficient (Wildman–Crippen LogP) is 1.14. The summed E-state index contributed by atoms with van der Waals surface area (Å²) in [5.74, 6) is 0. The number of rotatable bonds is 1. The topological polar surface area (TPSA) is 26.3 Å². The van der Waals surface area contributed by atoms with Crippen LogP contribution in [0.25, 0.3) is 0 Å². The second kappa shape index (κ2) is 2.06. The fourth-order valence-corrected chi connectivity index (χ4v) is 1.91. The Balaban J connectivity index is 2.15. The number of aldehydes is 1. The minimum absolute atomic E-state index is 0.0747. The van der Waals surface area contributed by atoms with Crippen molar-refractivity contribution < 1.29 is 9.53 Å². The van der Waals surface area contributed by atoms with E-state index in [2.05, 4.69) is 0 Å². The molecular formula is C8H12O2. The van der Waals surface area contributed by atoms with Gasteiger partial charge in [0.25, 0.3) is 0 Å². The molecule has 3 rings (SSSR count). The maximum absolute atomic E-state index is 10.7.